The van der Waals surface area contributed by atoms with E-state index in [4.69, 9.17) is 11.6 Å². The van der Waals surface area contributed by atoms with E-state index in [9.17, 15) is 9.90 Å². The summed E-state index contributed by atoms with van der Waals surface area (Å²) >= 11 is 6.31. The van der Waals surface area contributed by atoms with Gasteiger partial charge >= 0.3 is 5.97 Å². The third-order valence-corrected chi connectivity index (χ3v) is 4.48. The van der Waals surface area contributed by atoms with Crippen molar-refractivity contribution in [2.75, 3.05) is 33.2 Å². The highest BCUT2D eigenvalue weighted by atomic mass is 35.5. The van der Waals surface area contributed by atoms with E-state index >= 15 is 0 Å². The standard InChI is InChI=1S/C15H21ClN2O2/c1-15(11-14(19)20,12-5-3-4-6-13(12)16)18-9-7-17(2)8-10-18/h3-6H,7-11H2,1-2H3,(H,19,20). The lowest BCUT2D eigenvalue weighted by molar-refractivity contribution is -0.140. The molecule has 1 heterocycles. The molecule has 1 N–H and O–H groups in total. The van der Waals surface area contributed by atoms with E-state index < -0.39 is 11.5 Å². The number of hydrogen-bond acceptors (Lipinski definition) is 3. The second-order valence-corrected chi connectivity index (χ2v) is 6.02. The molecule has 5 heteroatoms. The van der Waals surface area contributed by atoms with E-state index in [2.05, 4.69) is 16.8 Å². The molecule has 0 amide bonds. The van der Waals surface area contributed by atoms with Gasteiger partial charge in [-0.25, -0.2) is 0 Å². The summed E-state index contributed by atoms with van der Waals surface area (Å²) in [7, 11) is 2.08. The van der Waals surface area contributed by atoms with Crippen LogP contribution < -0.4 is 0 Å². The van der Waals surface area contributed by atoms with Crippen molar-refractivity contribution < 1.29 is 9.90 Å². The van der Waals surface area contributed by atoms with Gasteiger partial charge in [-0.3, -0.25) is 9.69 Å². The van der Waals surface area contributed by atoms with Crippen molar-refractivity contribution in [3.05, 3.63) is 34.9 Å². The summed E-state index contributed by atoms with van der Waals surface area (Å²) < 4.78 is 0. The summed E-state index contributed by atoms with van der Waals surface area (Å²) in [6, 6.07) is 7.55. The average Bonchev–Trinajstić information content (AvgIpc) is 2.39. The average molecular weight is 297 g/mol. The van der Waals surface area contributed by atoms with Crippen molar-refractivity contribution in [2.45, 2.75) is 18.9 Å². The molecule has 0 aromatic heterocycles. The molecule has 1 atom stereocenters. The van der Waals surface area contributed by atoms with Crippen LogP contribution in [0.5, 0.6) is 0 Å². The Labute approximate surface area is 124 Å². The van der Waals surface area contributed by atoms with Crippen LogP contribution in [-0.4, -0.2) is 54.1 Å². The predicted octanol–water partition coefficient (Wildman–Crippen LogP) is 2.28. The molecule has 0 spiro atoms. The minimum absolute atomic E-state index is 0.0560. The van der Waals surface area contributed by atoms with Gasteiger partial charge in [0, 0.05) is 31.2 Å². The third kappa shape index (κ3) is 3.14. The molecule has 4 nitrogen and oxygen atoms in total. The van der Waals surface area contributed by atoms with Gasteiger partial charge in [0.15, 0.2) is 0 Å². The number of halogens is 1. The van der Waals surface area contributed by atoms with Crippen LogP contribution in [0.1, 0.15) is 18.9 Å². The highest BCUT2D eigenvalue weighted by molar-refractivity contribution is 6.31. The Balaban J connectivity index is 2.35. The maximum Gasteiger partial charge on any atom is 0.305 e. The minimum atomic E-state index is -0.800. The molecule has 1 fully saturated rings. The summed E-state index contributed by atoms with van der Waals surface area (Å²) in [5, 5.41) is 9.94. The molecule has 1 aliphatic heterocycles. The van der Waals surface area contributed by atoms with Crippen LogP contribution >= 0.6 is 11.6 Å². The zero-order valence-electron chi connectivity index (χ0n) is 12.0. The molecule has 20 heavy (non-hydrogen) atoms. The monoisotopic (exact) mass is 296 g/mol. The van der Waals surface area contributed by atoms with E-state index in [1.165, 1.54) is 0 Å². The molecule has 1 aliphatic rings. The summed E-state index contributed by atoms with van der Waals surface area (Å²) in [5.41, 5.74) is 0.333. The van der Waals surface area contributed by atoms with Gasteiger partial charge in [0.2, 0.25) is 0 Å². The highest BCUT2D eigenvalue weighted by Gasteiger charge is 2.38. The van der Waals surface area contributed by atoms with E-state index in [-0.39, 0.29) is 6.42 Å². The number of carboxylic acids is 1. The Morgan fingerprint density at radius 1 is 1.30 bits per heavy atom. The highest BCUT2D eigenvalue weighted by Crippen LogP contribution is 2.36. The molecule has 0 saturated carbocycles. The molecule has 2 rings (SSSR count). The Morgan fingerprint density at radius 2 is 1.90 bits per heavy atom. The maximum absolute atomic E-state index is 11.3. The van der Waals surface area contributed by atoms with Crippen LogP contribution in [0.4, 0.5) is 0 Å². The normalized spacial score (nSPS) is 20.6. The minimum Gasteiger partial charge on any atom is -0.481 e. The quantitative estimate of drug-likeness (QED) is 0.926. The van der Waals surface area contributed by atoms with Crippen molar-refractivity contribution in [2.24, 2.45) is 0 Å². The van der Waals surface area contributed by atoms with E-state index in [0.717, 1.165) is 31.7 Å². The van der Waals surface area contributed by atoms with Gasteiger partial charge in [-0.1, -0.05) is 29.8 Å². The largest absolute Gasteiger partial charge is 0.481 e. The van der Waals surface area contributed by atoms with Gasteiger partial charge in [0.05, 0.1) is 12.0 Å². The van der Waals surface area contributed by atoms with E-state index in [1.54, 1.807) is 0 Å². The van der Waals surface area contributed by atoms with Crippen molar-refractivity contribution in [1.82, 2.24) is 9.80 Å². The first-order valence-electron chi connectivity index (χ1n) is 6.84. The van der Waals surface area contributed by atoms with Crippen molar-refractivity contribution in [3.8, 4) is 0 Å². The number of rotatable bonds is 4. The first-order chi connectivity index (χ1) is 9.43. The molecule has 1 aromatic rings. The molecular formula is C15H21ClN2O2. The van der Waals surface area contributed by atoms with Gasteiger partial charge in [-0.2, -0.15) is 0 Å². The fraction of sp³-hybridized carbons (Fsp3) is 0.533. The number of benzene rings is 1. The molecule has 1 aromatic carbocycles. The number of piperazine rings is 1. The summed E-state index contributed by atoms with van der Waals surface area (Å²) in [6.07, 6.45) is 0.0560. The second-order valence-electron chi connectivity index (χ2n) is 5.61. The molecule has 110 valence electrons. The maximum atomic E-state index is 11.3. The zero-order valence-corrected chi connectivity index (χ0v) is 12.7. The molecule has 0 radical (unpaired) electrons. The van der Waals surface area contributed by atoms with E-state index in [0.29, 0.717) is 5.02 Å². The first kappa shape index (κ1) is 15.3. The fourth-order valence-corrected chi connectivity index (χ4v) is 3.21. The number of hydrogen-bond donors (Lipinski definition) is 1. The number of likely N-dealkylation sites (N-methyl/N-ethyl adjacent to an activating group) is 1. The topological polar surface area (TPSA) is 43.8 Å². The van der Waals surface area contributed by atoms with Crippen molar-refractivity contribution in [3.63, 3.8) is 0 Å². The number of nitrogens with zero attached hydrogens (tertiary/aromatic N) is 2. The molecule has 0 aliphatic carbocycles. The summed E-state index contributed by atoms with van der Waals surface area (Å²) in [5.74, 6) is -0.800. The second kappa shape index (κ2) is 6.12. The molecule has 0 bridgehead atoms. The summed E-state index contributed by atoms with van der Waals surface area (Å²) in [6.45, 7) is 5.57. The van der Waals surface area contributed by atoms with Gasteiger partial charge in [-0.15, -0.1) is 0 Å². The van der Waals surface area contributed by atoms with Gasteiger partial charge in [0.1, 0.15) is 0 Å². The number of aliphatic carboxylic acids is 1. The first-order valence-corrected chi connectivity index (χ1v) is 7.21. The Morgan fingerprint density at radius 3 is 2.45 bits per heavy atom. The van der Waals surface area contributed by atoms with Gasteiger partial charge in [-0.05, 0) is 25.6 Å². The fourth-order valence-electron chi connectivity index (χ4n) is 2.87. The van der Waals surface area contributed by atoms with Gasteiger partial charge < -0.3 is 10.0 Å². The van der Waals surface area contributed by atoms with Gasteiger partial charge in [0.25, 0.3) is 0 Å². The van der Waals surface area contributed by atoms with Crippen molar-refractivity contribution in [1.29, 1.82) is 0 Å². The third-order valence-electron chi connectivity index (χ3n) is 4.15. The SMILES string of the molecule is CN1CCN(C(C)(CC(=O)O)c2ccccc2Cl)CC1. The van der Waals surface area contributed by atoms with Crippen LogP contribution in [-0.2, 0) is 10.3 Å². The zero-order chi connectivity index (χ0) is 14.8. The van der Waals surface area contributed by atoms with Crippen LogP contribution in [0.25, 0.3) is 0 Å². The number of carboxylic acid groups (broad SMARTS) is 1. The number of carbonyl (C=O) groups is 1. The lowest BCUT2D eigenvalue weighted by Gasteiger charge is -2.45. The Bertz CT molecular complexity index is 487. The summed E-state index contributed by atoms with van der Waals surface area (Å²) in [4.78, 5) is 15.8. The lowest BCUT2D eigenvalue weighted by Crippen LogP contribution is -2.54. The van der Waals surface area contributed by atoms with Crippen LogP contribution in [0.15, 0.2) is 24.3 Å². The molecule has 1 saturated heterocycles. The Hall–Kier alpha value is -1.10. The molecule has 1 unspecified atom stereocenters. The lowest BCUT2D eigenvalue weighted by atomic mass is 9.86. The molecular weight excluding hydrogens is 276 g/mol. The van der Waals surface area contributed by atoms with E-state index in [1.807, 2.05) is 31.2 Å². The van der Waals surface area contributed by atoms with Crippen LogP contribution in [0.2, 0.25) is 5.02 Å². The van der Waals surface area contributed by atoms with Crippen LogP contribution in [0.3, 0.4) is 0 Å². The van der Waals surface area contributed by atoms with Crippen molar-refractivity contribution >= 4 is 17.6 Å². The predicted molar refractivity (Wildman–Crippen MR) is 80.1 cm³/mol. The Kier molecular flexibility index (Phi) is 4.68. The van der Waals surface area contributed by atoms with Crippen LogP contribution in [0, 0.1) is 0 Å². The smallest absolute Gasteiger partial charge is 0.305 e.